The van der Waals surface area contributed by atoms with Crippen molar-refractivity contribution in [3.8, 4) is 5.69 Å². The Morgan fingerprint density at radius 3 is 2.64 bits per heavy atom. The number of carbonyl (C=O) groups is 3. The Bertz CT molecular complexity index is 1340. The van der Waals surface area contributed by atoms with Crippen molar-refractivity contribution in [1.82, 2.24) is 30.2 Å². The summed E-state index contributed by atoms with van der Waals surface area (Å²) < 4.78 is 1.68. The number of para-hydroxylation sites is 1. The van der Waals surface area contributed by atoms with Gasteiger partial charge in [0.2, 0.25) is 5.91 Å². The van der Waals surface area contributed by atoms with Crippen LogP contribution in [-0.4, -0.2) is 82.7 Å². The average Bonchev–Trinajstić information content (AvgIpc) is 3.45. The van der Waals surface area contributed by atoms with Crippen LogP contribution in [0.5, 0.6) is 0 Å². The molecular formula is C28H32ClN7O3. The highest BCUT2D eigenvalue weighted by molar-refractivity contribution is 6.34. The number of benzene rings is 2. The number of rotatable bonds is 5. The van der Waals surface area contributed by atoms with E-state index in [-0.39, 0.29) is 36.9 Å². The first kappa shape index (κ1) is 26.7. The van der Waals surface area contributed by atoms with Gasteiger partial charge in [-0.05, 0) is 42.8 Å². The van der Waals surface area contributed by atoms with Crippen LogP contribution in [0.3, 0.4) is 0 Å². The van der Waals surface area contributed by atoms with Crippen LogP contribution in [0.15, 0.2) is 60.9 Å². The van der Waals surface area contributed by atoms with E-state index in [0.717, 1.165) is 30.0 Å². The average molecular weight is 550 g/mol. The molecule has 4 amide bonds. The predicted octanol–water partition coefficient (Wildman–Crippen LogP) is 2.91. The number of hydrogen-bond donors (Lipinski definition) is 2. The van der Waals surface area contributed by atoms with Crippen LogP contribution >= 0.6 is 11.6 Å². The molecule has 3 heterocycles. The van der Waals surface area contributed by atoms with E-state index in [0.29, 0.717) is 36.8 Å². The number of halogens is 1. The Kier molecular flexibility index (Phi) is 8.13. The van der Waals surface area contributed by atoms with Gasteiger partial charge in [0.1, 0.15) is 0 Å². The second-order valence-electron chi connectivity index (χ2n) is 9.75. The number of aromatic nitrogens is 2. The summed E-state index contributed by atoms with van der Waals surface area (Å²) in [6.45, 7) is 5.76. The number of nitrogens with one attached hydrogen (secondary N) is 2. The van der Waals surface area contributed by atoms with E-state index >= 15 is 0 Å². The third-order valence-electron chi connectivity index (χ3n) is 7.14. The van der Waals surface area contributed by atoms with Crippen molar-refractivity contribution in [2.45, 2.75) is 25.9 Å². The highest BCUT2D eigenvalue weighted by Gasteiger charge is 2.32. The lowest BCUT2D eigenvalue weighted by Crippen LogP contribution is -2.49. The molecule has 1 atom stereocenters. The fourth-order valence-corrected chi connectivity index (χ4v) is 5.27. The van der Waals surface area contributed by atoms with Crippen molar-refractivity contribution in [1.29, 1.82) is 0 Å². The summed E-state index contributed by atoms with van der Waals surface area (Å²) >= 11 is 6.59. The van der Waals surface area contributed by atoms with E-state index in [2.05, 4.69) is 15.7 Å². The second-order valence-corrected chi connectivity index (χ2v) is 10.2. The summed E-state index contributed by atoms with van der Waals surface area (Å²) in [6.07, 6.45) is 3.73. The molecular weight excluding hydrogens is 518 g/mol. The van der Waals surface area contributed by atoms with Gasteiger partial charge in [0.05, 0.1) is 16.3 Å². The molecule has 2 aromatic carbocycles. The molecule has 11 heteroatoms. The van der Waals surface area contributed by atoms with Crippen molar-refractivity contribution in [3.63, 3.8) is 0 Å². The largest absolute Gasteiger partial charge is 0.340 e. The van der Waals surface area contributed by atoms with Crippen LogP contribution in [0.25, 0.3) is 5.69 Å². The first-order valence-electron chi connectivity index (χ1n) is 13.1. The monoisotopic (exact) mass is 549 g/mol. The Labute approximate surface area is 232 Å². The number of nitrogens with zero attached hydrogens (tertiary/aromatic N) is 5. The standard InChI is InChI=1S/C28H32ClN7O3/c1-20-18-35(27(38)23-8-7-22(17-24(23)29)36-14-4-10-32-36)25-6-3-2-5-21(25)19-34(20)28(39)31-11-9-26(37)33-15-12-30-13-16-33/h2-8,10,14,17,20,30H,9,11-13,15-16,18-19H2,1H3,(H,31,39). The molecule has 0 radical (unpaired) electrons. The van der Waals surface area contributed by atoms with Crippen LogP contribution in [-0.2, 0) is 11.3 Å². The molecule has 10 nitrogen and oxygen atoms in total. The smallest absolute Gasteiger partial charge is 0.318 e. The molecule has 2 aliphatic heterocycles. The minimum absolute atomic E-state index is 0.0401. The van der Waals surface area contributed by atoms with Gasteiger partial charge in [-0.25, -0.2) is 9.48 Å². The summed E-state index contributed by atoms with van der Waals surface area (Å²) in [6, 6.07) is 14.1. The Morgan fingerprint density at radius 2 is 1.90 bits per heavy atom. The normalized spacial score (nSPS) is 17.4. The van der Waals surface area contributed by atoms with Crippen molar-refractivity contribution in [3.05, 3.63) is 77.1 Å². The van der Waals surface area contributed by atoms with E-state index < -0.39 is 0 Å². The molecule has 1 fully saturated rings. The number of amides is 4. The highest BCUT2D eigenvalue weighted by Crippen LogP contribution is 2.30. The minimum Gasteiger partial charge on any atom is -0.340 e. The molecule has 1 aromatic heterocycles. The predicted molar refractivity (Wildman–Crippen MR) is 149 cm³/mol. The SMILES string of the molecule is CC1CN(C(=O)c2ccc(-n3cccn3)cc2Cl)c2ccccc2CN1C(=O)NCCC(=O)N1CCNCC1. The van der Waals surface area contributed by atoms with Gasteiger partial charge < -0.3 is 25.3 Å². The second kappa shape index (κ2) is 11.9. The molecule has 2 aliphatic rings. The van der Waals surface area contributed by atoms with Gasteiger partial charge in [0, 0.05) is 76.4 Å². The minimum atomic E-state index is -0.285. The quantitative estimate of drug-likeness (QED) is 0.509. The van der Waals surface area contributed by atoms with Gasteiger partial charge >= 0.3 is 6.03 Å². The molecule has 204 valence electrons. The van der Waals surface area contributed by atoms with Crippen molar-refractivity contribution in [2.24, 2.45) is 0 Å². The molecule has 2 N–H and O–H groups in total. The first-order valence-corrected chi connectivity index (χ1v) is 13.5. The van der Waals surface area contributed by atoms with Crippen LogP contribution in [0.2, 0.25) is 5.02 Å². The molecule has 1 saturated heterocycles. The van der Waals surface area contributed by atoms with Gasteiger partial charge in [-0.2, -0.15) is 5.10 Å². The zero-order valence-corrected chi connectivity index (χ0v) is 22.6. The first-order chi connectivity index (χ1) is 18.9. The third kappa shape index (κ3) is 5.91. The van der Waals surface area contributed by atoms with Crippen LogP contribution in [0.4, 0.5) is 10.5 Å². The van der Waals surface area contributed by atoms with E-state index in [9.17, 15) is 14.4 Å². The van der Waals surface area contributed by atoms with E-state index in [4.69, 9.17) is 11.6 Å². The zero-order valence-electron chi connectivity index (χ0n) is 21.8. The van der Waals surface area contributed by atoms with Gasteiger partial charge in [-0.3, -0.25) is 9.59 Å². The Balaban J connectivity index is 1.30. The molecule has 5 rings (SSSR count). The molecule has 0 saturated carbocycles. The lowest BCUT2D eigenvalue weighted by Gasteiger charge is -2.30. The Hall–Kier alpha value is -3.89. The maximum Gasteiger partial charge on any atom is 0.318 e. The fraction of sp³-hybridized carbons (Fsp3) is 0.357. The van der Waals surface area contributed by atoms with Gasteiger partial charge in [0.15, 0.2) is 0 Å². The lowest BCUT2D eigenvalue weighted by atomic mass is 10.1. The molecule has 0 bridgehead atoms. The van der Waals surface area contributed by atoms with E-state index in [1.165, 1.54) is 0 Å². The van der Waals surface area contributed by atoms with Gasteiger partial charge in [-0.1, -0.05) is 29.8 Å². The molecule has 3 aromatic rings. The lowest BCUT2D eigenvalue weighted by molar-refractivity contribution is -0.131. The molecule has 0 aliphatic carbocycles. The van der Waals surface area contributed by atoms with Gasteiger partial charge in [0.25, 0.3) is 5.91 Å². The van der Waals surface area contributed by atoms with Crippen molar-refractivity contribution >= 4 is 35.1 Å². The number of hydrogen-bond acceptors (Lipinski definition) is 5. The molecule has 0 spiro atoms. The number of carbonyl (C=O) groups excluding carboxylic acids is 3. The topological polar surface area (TPSA) is 103 Å². The van der Waals surface area contributed by atoms with Crippen LogP contribution in [0.1, 0.15) is 29.3 Å². The van der Waals surface area contributed by atoms with E-state index in [1.54, 1.807) is 45.1 Å². The van der Waals surface area contributed by atoms with Crippen LogP contribution in [0, 0.1) is 0 Å². The van der Waals surface area contributed by atoms with Crippen molar-refractivity contribution < 1.29 is 14.4 Å². The summed E-state index contributed by atoms with van der Waals surface area (Å²) in [4.78, 5) is 44.7. The van der Waals surface area contributed by atoms with Crippen molar-refractivity contribution in [2.75, 3.05) is 44.2 Å². The summed E-state index contributed by atoms with van der Waals surface area (Å²) in [5.41, 5.74) is 2.72. The van der Waals surface area contributed by atoms with Gasteiger partial charge in [-0.15, -0.1) is 0 Å². The molecule has 1 unspecified atom stereocenters. The Morgan fingerprint density at radius 1 is 1.10 bits per heavy atom. The zero-order chi connectivity index (χ0) is 27.4. The third-order valence-corrected chi connectivity index (χ3v) is 7.46. The summed E-state index contributed by atoms with van der Waals surface area (Å²) in [5.74, 6) is -0.200. The number of anilines is 1. The maximum absolute atomic E-state index is 13.8. The highest BCUT2D eigenvalue weighted by atomic mass is 35.5. The number of piperazine rings is 1. The number of urea groups is 1. The summed E-state index contributed by atoms with van der Waals surface area (Å²) in [5, 5.41) is 10.7. The summed E-state index contributed by atoms with van der Waals surface area (Å²) in [7, 11) is 0. The maximum atomic E-state index is 13.8. The number of fused-ring (bicyclic) bond motifs is 1. The van der Waals surface area contributed by atoms with Crippen LogP contribution < -0.4 is 15.5 Å². The van der Waals surface area contributed by atoms with E-state index in [1.807, 2.05) is 42.2 Å². The fourth-order valence-electron chi connectivity index (χ4n) is 5.01. The molecule has 39 heavy (non-hydrogen) atoms.